The molecule has 2 N–H and O–H groups in total. The van der Waals surface area contributed by atoms with Crippen molar-refractivity contribution in [2.75, 3.05) is 12.3 Å². The highest BCUT2D eigenvalue weighted by Crippen LogP contribution is 2.23. The van der Waals surface area contributed by atoms with Gasteiger partial charge in [-0.1, -0.05) is 26.3 Å². The van der Waals surface area contributed by atoms with Crippen LogP contribution in [0.3, 0.4) is 0 Å². The van der Waals surface area contributed by atoms with E-state index in [-0.39, 0.29) is 0 Å². The zero-order valence-electron chi connectivity index (χ0n) is 14.5. The van der Waals surface area contributed by atoms with Crippen LogP contribution >= 0.6 is 0 Å². The normalized spacial score (nSPS) is 10.9. The summed E-state index contributed by atoms with van der Waals surface area (Å²) in [5.41, 5.74) is 10.1. The molecule has 0 radical (unpaired) electrons. The summed E-state index contributed by atoms with van der Waals surface area (Å²) in [4.78, 5) is 0. The molecule has 0 aliphatic rings. The lowest BCUT2D eigenvalue weighted by Crippen LogP contribution is -1.93. The van der Waals surface area contributed by atoms with E-state index in [0.29, 0.717) is 12.4 Å². The van der Waals surface area contributed by atoms with Gasteiger partial charge < -0.3 is 10.5 Å². The number of hydrogen-bond acceptors (Lipinski definition) is 4. The van der Waals surface area contributed by atoms with Crippen molar-refractivity contribution in [1.82, 2.24) is 0 Å². The van der Waals surface area contributed by atoms with Crippen LogP contribution in [0.5, 0.6) is 0 Å². The van der Waals surface area contributed by atoms with E-state index in [9.17, 15) is 0 Å². The SMILES string of the molecule is C=C(OCCCCC)c1ccc(N=Nc2ccc(N)c(C)c2)cc1. The molecule has 0 saturated heterocycles. The number of aryl methyl sites for hydroxylation is 1. The molecule has 0 atom stereocenters. The quantitative estimate of drug-likeness (QED) is 0.273. The van der Waals surface area contributed by atoms with Gasteiger partial charge >= 0.3 is 0 Å². The smallest absolute Gasteiger partial charge is 0.119 e. The van der Waals surface area contributed by atoms with Gasteiger partial charge in [0.05, 0.1) is 18.0 Å². The Labute approximate surface area is 144 Å². The maximum Gasteiger partial charge on any atom is 0.119 e. The van der Waals surface area contributed by atoms with E-state index < -0.39 is 0 Å². The Bertz CT molecular complexity index is 705. The molecule has 0 heterocycles. The first-order chi connectivity index (χ1) is 11.6. The first-order valence-corrected chi connectivity index (χ1v) is 8.30. The lowest BCUT2D eigenvalue weighted by Gasteiger charge is -2.09. The van der Waals surface area contributed by atoms with Gasteiger partial charge in [0.2, 0.25) is 0 Å². The minimum absolute atomic E-state index is 0.698. The zero-order valence-corrected chi connectivity index (χ0v) is 14.5. The molecule has 0 aromatic heterocycles. The molecule has 0 aliphatic carbocycles. The Morgan fingerprint density at radius 2 is 1.71 bits per heavy atom. The van der Waals surface area contributed by atoms with Crippen molar-refractivity contribution < 1.29 is 4.74 Å². The first-order valence-electron chi connectivity index (χ1n) is 8.30. The predicted molar refractivity (Wildman–Crippen MR) is 101 cm³/mol. The van der Waals surface area contributed by atoms with Crippen molar-refractivity contribution in [3.8, 4) is 0 Å². The van der Waals surface area contributed by atoms with Gasteiger partial charge in [0.15, 0.2) is 0 Å². The molecule has 24 heavy (non-hydrogen) atoms. The number of benzene rings is 2. The Hall–Kier alpha value is -2.62. The molecule has 0 bridgehead atoms. The van der Waals surface area contributed by atoms with Crippen LogP contribution in [0.4, 0.5) is 17.1 Å². The summed E-state index contributed by atoms with van der Waals surface area (Å²) in [6, 6.07) is 13.3. The number of rotatable bonds is 8. The fourth-order valence-electron chi connectivity index (χ4n) is 2.18. The molecule has 126 valence electrons. The fraction of sp³-hybridized carbons (Fsp3) is 0.300. The molecule has 4 nitrogen and oxygen atoms in total. The molecular weight excluding hydrogens is 298 g/mol. The number of nitrogens with two attached hydrogens (primary N) is 1. The minimum Gasteiger partial charge on any atom is -0.494 e. The summed E-state index contributed by atoms with van der Waals surface area (Å²) in [5, 5.41) is 8.49. The van der Waals surface area contributed by atoms with E-state index in [4.69, 9.17) is 10.5 Å². The lowest BCUT2D eigenvalue weighted by atomic mass is 10.2. The highest BCUT2D eigenvalue weighted by molar-refractivity contribution is 5.59. The molecule has 2 aromatic carbocycles. The zero-order chi connectivity index (χ0) is 17.4. The van der Waals surface area contributed by atoms with Gasteiger partial charge in [0, 0.05) is 11.3 Å². The van der Waals surface area contributed by atoms with Gasteiger partial charge in [-0.25, -0.2) is 0 Å². The van der Waals surface area contributed by atoms with Crippen molar-refractivity contribution in [3.05, 3.63) is 60.2 Å². The van der Waals surface area contributed by atoms with E-state index >= 15 is 0 Å². The van der Waals surface area contributed by atoms with Crippen molar-refractivity contribution in [2.45, 2.75) is 33.1 Å². The van der Waals surface area contributed by atoms with E-state index in [1.807, 2.05) is 49.4 Å². The average Bonchev–Trinajstić information content (AvgIpc) is 2.60. The third kappa shape index (κ3) is 5.23. The molecule has 2 rings (SSSR count). The first kappa shape index (κ1) is 17.7. The maximum atomic E-state index is 5.80. The minimum atomic E-state index is 0.698. The standard InChI is InChI=1S/C20H25N3O/c1-4-5-6-13-24-16(3)17-7-9-18(10-8-17)22-23-19-11-12-20(21)15(2)14-19/h7-12,14H,3-6,13,21H2,1-2H3. The number of nitrogen functional groups attached to an aromatic ring is 1. The molecule has 0 unspecified atom stereocenters. The van der Waals surface area contributed by atoms with E-state index in [0.717, 1.165) is 34.6 Å². The van der Waals surface area contributed by atoms with Crippen LogP contribution in [-0.2, 0) is 4.74 Å². The summed E-state index contributed by atoms with van der Waals surface area (Å²) in [6.45, 7) is 8.82. The van der Waals surface area contributed by atoms with Crippen molar-refractivity contribution in [1.29, 1.82) is 0 Å². The molecule has 4 heteroatoms. The highest BCUT2D eigenvalue weighted by Gasteiger charge is 2.01. The Kier molecular flexibility index (Phi) is 6.55. The van der Waals surface area contributed by atoms with E-state index in [1.54, 1.807) is 0 Å². The van der Waals surface area contributed by atoms with Crippen LogP contribution in [0.15, 0.2) is 59.3 Å². The Morgan fingerprint density at radius 3 is 2.38 bits per heavy atom. The van der Waals surface area contributed by atoms with Crippen molar-refractivity contribution >= 4 is 22.8 Å². The van der Waals surface area contributed by atoms with Crippen molar-refractivity contribution in [2.24, 2.45) is 10.2 Å². The topological polar surface area (TPSA) is 60.0 Å². The number of ether oxygens (including phenoxy) is 1. The van der Waals surface area contributed by atoms with Gasteiger partial charge in [-0.3, -0.25) is 0 Å². The number of azo groups is 1. The molecule has 0 fully saturated rings. The number of hydrogen-bond donors (Lipinski definition) is 1. The molecule has 0 spiro atoms. The summed E-state index contributed by atoms with van der Waals surface area (Å²) >= 11 is 0. The highest BCUT2D eigenvalue weighted by atomic mass is 16.5. The van der Waals surface area contributed by atoms with Crippen LogP contribution in [0.2, 0.25) is 0 Å². The van der Waals surface area contributed by atoms with Gasteiger partial charge in [0.25, 0.3) is 0 Å². The average molecular weight is 323 g/mol. The molecule has 0 amide bonds. The second kappa shape index (κ2) is 8.87. The monoisotopic (exact) mass is 323 g/mol. The van der Waals surface area contributed by atoms with Gasteiger partial charge in [-0.05, 0) is 61.4 Å². The number of anilines is 1. The Balaban J connectivity index is 1.94. The summed E-state index contributed by atoms with van der Waals surface area (Å²) in [5.74, 6) is 0.698. The van der Waals surface area contributed by atoms with Crippen LogP contribution in [0.25, 0.3) is 5.76 Å². The van der Waals surface area contributed by atoms with Crippen LogP contribution in [0, 0.1) is 6.92 Å². The van der Waals surface area contributed by atoms with Crippen molar-refractivity contribution in [3.63, 3.8) is 0 Å². The summed E-state index contributed by atoms with van der Waals surface area (Å²) in [6.07, 6.45) is 3.42. The van der Waals surface area contributed by atoms with Gasteiger partial charge in [-0.2, -0.15) is 10.2 Å². The van der Waals surface area contributed by atoms with Gasteiger partial charge in [0.1, 0.15) is 5.76 Å². The van der Waals surface area contributed by atoms with Gasteiger partial charge in [-0.15, -0.1) is 0 Å². The second-order valence-electron chi connectivity index (χ2n) is 5.77. The van der Waals surface area contributed by atoms with Crippen LogP contribution < -0.4 is 5.73 Å². The number of nitrogens with zero attached hydrogens (tertiary/aromatic N) is 2. The third-order valence-electron chi connectivity index (χ3n) is 3.75. The maximum absolute atomic E-state index is 5.80. The predicted octanol–water partition coefficient (Wildman–Crippen LogP) is 6.17. The third-order valence-corrected chi connectivity index (χ3v) is 3.75. The lowest BCUT2D eigenvalue weighted by molar-refractivity contribution is 0.268. The molecule has 2 aromatic rings. The Morgan fingerprint density at radius 1 is 1.04 bits per heavy atom. The van der Waals surface area contributed by atoms with E-state index in [1.165, 1.54) is 12.8 Å². The molecular formula is C20H25N3O. The fourth-order valence-corrected chi connectivity index (χ4v) is 2.18. The molecule has 0 saturated carbocycles. The molecule has 0 aliphatic heterocycles. The van der Waals surface area contributed by atoms with Crippen LogP contribution in [-0.4, -0.2) is 6.61 Å². The second-order valence-corrected chi connectivity index (χ2v) is 5.77. The van der Waals surface area contributed by atoms with E-state index in [2.05, 4.69) is 23.7 Å². The number of unbranched alkanes of at least 4 members (excludes halogenated alkanes) is 2. The summed E-state index contributed by atoms with van der Waals surface area (Å²) < 4.78 is 5.66. The summed E-state index contributed by atoms with van der Waals surface area (Å²) in [7, 11) is 0. The largest absolute Gasteiger partial charge is 0.494 e. The van der Waals surface area contributed by atoms with Crippen LogP contribution in [0.1, 0.15) is 37.3 Å².